The molecular weight excluding hydrogens is 388 g/mol. The van der Waals surface area contributed by atoms with Crippen LogP contribution >= 0.6 is 15.9 Å². The molecular formula is C23H35BrO2. The van der Waals surface area contributed by atoms with Crippen LogP contribution in [0.3, 0.4) is 0 Å². The molecule has 2 saturated carbocycles. The van der Waals surface area contributed by atoms with Gasteiger partial charge in [-0.05, 0) is 73.1 Å². The van der Waals surface area contributed by atoms with E-state index in [2.05, 4.69) is 48.3 Å². The monoisotopic (exact) mass is 422 g/mol. The number of fused-ring (bicyclic) bond motifs is 1. The molecule has 26 heavy (non-hydrogen) atoms. The minimum Gasteiger partial charge on any atom is -0.458 e. The van der Waals surface area contributed by atoms with Crippen LogP contribution in [0.5, 0.6) is 0 Å². The Labute approximate surface area is 168 Å². The van der Waals surface area contributed by atoms with Crippen molar-refractivity contribution in [2.45, 2.75) is 84.7 Å². The second-order valence-electron chi connectivity index (χ2n) is 9.21. The number of ether oxygens (including phenoxy) is 1. The summed E-state index contributed by atoms with van der Waals surface area (Å²) in [6, 6.07) is 0. The standard InChI is InChI=1S/C23H35BrO2/c1-5-6-9-18-16(3)22(25)26-21(18)13-15(2)19-10-11-20-17(14-24)8-7-12-23(19,20)4/h14-15,18-21H,3,5-13H2,1-2,4H3/b17-14+/t15-,18-,19-,20+,21-,23-/m1/s1. The summed E-state index contributed by atoms with van der Waals surface area (Å²) in [7, 11) is 0. The second kappa shape index (κ2) is 8.20. The Morgan fingerprint density at radius 2 is 2.19 bits per heavy atom. The van der Waals surface area contributed by atoms with Crippen molar-refractivity contribution < 1.29 is 9.53 Å². The van der Waals surface area contributed by atoms with Crippen LogP contribution in [0.1, 0.15) is 78.6 Å². The van der Waals surface area contributed by atoms with Crippen molar-refractivity contribution in [2.24, 2.45) is 29.1 Å². The van der Waals surface area contributed by atoms with Gasteiger partial charge in [0.2, 0.25) is 0 Å². The van der Waals surface area contributed by atoms with E-state index < -0.39 is 0 Å². The summed E-state index contributed by atoms with van der Waals surface area (Å²) in [4.78, 5) is 14.3. The molecule has 1 saturated heterocycles. The lowest BCUT2D eigenvalue weighted by atomic mass is 9.61. The van der Waals surface area contributed by atoms with Crippen LogP contribution in [0.4, 0.5) is 0 Å². The van der Waals surface area contributed by atoms with Gasteiger partial charge in [-0.2, -0.15) is 0 Å². The number of unbranched alkanes of at least 4 members (excludes halogenated alkanes) is 1. The van der Waals surface area contributed by atoms with E-state index in [1.807, 2.05) is 0 Å². The molecule has 3 rings (SSSR count). The first-order chi connectivity index (χ1) is 12.4. The predicted molar refractivity (Wildman–Crippen MR) is 111 cm³/mol. The van der Waals surface area contributed by atoms with Crippen molar-refractivity contribution in [3.05, 3.63) is 22.7 Å². The normalized spacial score (nSPS) is 39.9. The van der Waals surface area contributed by atoms with Gasteiger partial charge in [0, 0.05) is 11.5 Å². The molecule has 0 N–H and O–H groups in total. The molecule has 0 radical (unpaired) electrons. The number of hydrogen-bond donors (Lipinski definition) is 0. The van der Waals surface area contributed by atoms with E-state index in [-0.39, 0.29) is 18.0 Å². The maximum Gasteiger partial charge on any atom is 0.334 e. The summed E-state index contributed by atoms with van der Waals surface area (Å²) < 4.78 is 5.77. The van der Waals surface area contributed by atoms with Gasteiger partial charge in [-0.1, -0.05) is 61.7 Å². The first-order valence-electron chi connectivity index (χ1n) is 10.6. The van der Waals surface area contributed by atoms with Crippen molar-refractivity contribution in [1.82, 2.24) is 0 Å². The smallest absolute Gasteiger partial charge is 0.334 e. The number of halogens is 1. The van der Waals surface area contributed by atoms with Crippen molar-refractivity contribution in [2.75, 3.05) is 0 Å². The molecule has 1 heterocycles. The summed E-state index contributed by atoms with van der Waals surface area (Å²) in [5, 5.41) is 0. The van der Waals surface area contributed by atoms with Gasteiger partial charge in [-0.15, -0.1) is 0 Å². The highest BCUT2D eigenvalue weighted by Gasteiger charge is 2.51. The number of carbonyl (C=O) groups excluding carboxylic acids is 1. The van der Waals surface area contributed by atoms with E-state index in [0.717, 1.165) is 37.5 Å². The van der Waals surface area contributed by atoms with Crippen molar-refractivity contribution in [3.63, 3.8) is 0 Å². The molecule has 3 aliphatic rings. The van der Waals surface area contributed by atoms with E-state index in [1.165, 1.54) is 32.1 Å². The number of allylic oxidation sites excluding steroid dienone is 1. The summed E-state index contributed by atoms with van der Waals surface area (Å²) in [5.41, 5.74) is 2.75. The minimum atomic E-state index is -0.152. The maximum absolute atomic E-state index is 12.1. The SMILES string of the molecule is C=C1C(=O)O[C@H](C[C@@H](C)[C@H]2CC[C@H]3/C(=C/Br)CCC[C@]23C)[C@@H]1CCCC. The van der Waals surface area contributed by atoms with Gasteiger partial charge >= 0.3 is 5.97 Å². The Kier molecular flexibility index (Phi) is 6.37. The van der Waals surface area contributed by atoms with Gasteiger partial charge in [0.15, 0.2) is 0 Å². The van der Waals surface area contributed by atoms with Gasteiger partial charge in [0.05, 0.1) is 0 Å². The van der Waals surface area contributed by atoms with E-state index in [9.17, 15) is 4.79 Å². The zero-order valence-corrected chi connectivity index (χ0v) is 18.3. The average molecular weight is 423 g/mol. The quantitative estimate of drug-likeness (QED) is 0.347. The van der Waals surface area contributed by atoms with Gasteiger partial charge in [0.25, 0.3) is 0 Å². The van der Waals surface area contributed by atoms with Crippen LogP contribution in [0.2, 0.25) is 0 Å². The molecule has 146 valence electrons. The first-order valence-corrected chi connectivity index (χ1v) is 11.5. The molecule has 0 bridgehead atoms. The van der Waals surface area contributed by atoms with Crippen molar-refractivity contribution >= 4 is 21.9 Å². The molecule has 0 spiro atoms. The lowest BCUT2D eigenvalue weighted by Gasteiger charge is -2.44. The molecule has 0 unspecified atom stereocenters. The van der Waals surface area contributed by atoms with Crippen LogP contribution in [0, 0.1) is 29.1 Å². The predicted octanol–water partition coefficient (Wildman–Crippen LogP) is 6.80. The highest BCUT2D eigenvalue weighted by molar-refractivity contribution is 9.11. The molecule has 3 fully saturated rings. The van der Waals surface area contributed by atoms with Crippen LogP contribution in [0.15, 0.2) is 22.7 Å². The molecule has 0 aromatic heterocycles. The van der Waals surface area contributed by atoms with Crippen LogP contribution in [-0.2, 0) is 9.53 Å². The summed E-state index contributed by atoms with van der Waals surface area (Å²) >= 11 is 3.62. The average Bonchev–Trinajstić information content (AvgIpc) is 3.10. The third-order valence-electron chi connectivity index (χ3n) is 7.75. The summed E-state index contributed by atoms with van der Waals surface area (Å²) in [6.45, 7) is 11.2. The number of cyclic esters (lactones) is 1. The Balaban J connectivity index is 1.70. The molecule has 6 atom stereocenters. The fraction of sp³-hybridized carbons (Fsp3) is 0.783. The molecule has 1 aliphatic heterocycles. The molecule has 2 nitrogen and oxygen atoms in total. The van der Waals surface area contributed by atoms with Gasteiger partial charge in [0.1, 0.15) is 6.10 Å². The summed E-state index contributed by atoms with van der Waals surface area (Å²) in [6.07, 6.45) is 10.9. The minimum absolute atomic E-state index is 0.0500. The second-order valence-corrected chi connectivity index (χ2v) is 9.67. The van der Waals surface area contributed by atoms with E-state index in [0.29, 0.717) is 16.9 Å². The lowest BCUT2D eigenvalue weighted by molar-refractivity contribution is -0.140. The largest absolute Gasteiger partial charge is 0.458 e. The van der Waals surface area contributed by atoms with Crippen molar-refractivity contribution in [1.29, 1.82) is 0 Å². The number of esters is 1. The third-order valence-corrected chi connectivity index (χ3v) is 8.34. The van der Waals surface area contributed by atoms with Crippen LogP contribution < -0.4 is 0 Å². The Morgan fingerprint density at radius 1 is 1.42 bits per heavy atom. The molecule has 0 aromatic carbocycles. The first kappa shape index (κ1) is 20.2. The molecule has 0 aromatic rings. The zero-order valence-electron chi connectivity index (χ0n) is 16.7. The molecule has 3 heteroatoms. The van der Waals surface area contributed by atoms with E-state index >= 15 is 0 Å². The van der Waals surface area contributed by atoms with Gasteiger partial charge in [-0.3, -0.25) is 0 Å². The maximum atomic E-state index is 12.1. The van der Waals surface area contributed by atoms with Crippen LogP contribution in [-0.4, -0.2) is 12.1 Å². The van der Waals surface area contributed by atoms with E-state index in [1.54, 1.807) is 5.57 Å². The number of carbonyl (C=O) groups is 1. The highest BCUT2D eigenvalue weighted by atomic mass is 79.9. The fourth-order valence-corrected chi connectivity index (χ4v) is 6.89. The summed E-state index contributed by atoms with van der Waals surface area (Å²) in [5.74, 6) is 2.14. The van der Waals surface area contributed by atoms with Crippen molar-refractivity contribution in [3.8, 4) is 0 Å². The van der Waals surface area contributed by atoms with Gasteiger partial charge < -0.3 is 4.74 Å². The fourth-order valence-electron chi connectivity index (χ4n) is 6.34. The van der Waals surface area contributed by atoms with Gasteiger partial charge in [-0.25, -0.2) is 4.79 Å². The zero-order chi connectivity index (χ0) is 18.9. The lowest BCUT2D eigenvalue weighted by Crippen LogP contribution is -2.37. The Hall–Kier alpha value is -0.570. The topological polar surface area (TPSA) is 26.3 Å². The molecule has 2 aliphatic carbocycles. The van der Waals surface area contributed by atoms with E-state index in [4.69, 9.17) is 4.74 Å². The third kappa shape index (κ3) is 3.57. The van der Waals surface area contributed by atoms with Crippen LogP contribution in [0.25, 0.3) is 0 Å². The number of rotatable bonds is 6. The Bertz CT molecular complexity index is 581. The molecule has 0 amide bonds. The number of hydrogen-bond acceptors (Lipinski definition) is 2. The highest BCUT2D eigenvalue weighted by Crippen LogP contribution is 2.60. The Morgan fingerprint density at radius 3 is 2.88 bits per heavy atom.